The van der Waals surface area contributed by atoms with Gasteiger partial charge in [0.05, 0.1) is 35.1 Å². The van der Waals surface area contributed by atoms with Crippen LogP contribution in [-0.4, -0.2) is 74.0 Å². The maximum atomic E-state index is 12.0. The molecule has 0 aromatic heterocycles. The predicted molar refractivity (Wildman–Crippen MR) is 114 cm³/mol. The van der Waals surface area contributed by atoms with Crippen LogP contribution in [0, 0.1) is 5.41 Å². The third-order valence-corrected chi connectivity index (χ3v) is 7.22. The number of nitrogens with zero attached hydrogens (tertiary/aromatic N) is 2. The molecule has 0 bridgehead atoms. The number of likely N-dealkylation sites (N-methyl/N-ethyl adjacent to an activating group) is 1. The molecular weight excluding hydrogens is 439 g/mol. The lowest BCUT2D eigenvalue weighted by molar-refractivity contribution is -0.0692. The van der Waals surface area contributed by atoms with Crippen LogP contribution in [-0.2, 0) is 14.8 Å². The Morgan fingerprint density at radius 1 is 1.28 bits per heavy atom. The van der Waals surface area contributed by atoms with Crippen molar-refractivity contribution in [1.29, 1.82) is 0 Å². The summed E-state index contributed by atoms with van der Waals surface area (Å²) in [5.41, 5.74) is 0.398. The molecule has 1 aromatic rings. The third-order valence-electron chi connectivity index (χ3n) is 5.20. The lowest BCUT2D eigenvalue weighted by Crippen LogP contribution is -2.43. The van der Waals surface area contributed by atoms with Crippen LogP contribution in [0.1, 0.15) is 32.3 Å². The Morgan fingerprint density at radius 2 is 1.90 bits per heavy atom. The molecule has 0 radical (unpaired) electrons. The molecule has 1 aliphatic heterocycles. The first-order valence-corrected chi connectivity index (χ1v) is 11.8. The zero-order valence-electron chi connectivity index (χ0n) is 17.2. The van der Waals surface area contributed by atoms with Crippen LogP contribution in [0.3, 0.4) is 0 Å². The van der Waals surface area contributed by atoms with Crippen molar-refractivity contribution >= 4 is 39.3 Å². The molecule has 1 saturated heterocycles. The molecule has 0 spiro atoms. The van der Waals surface area contributed by atoms with E-state index in [0.717, 1.165) is 11.8 Å². The van der Waals surface area contributed by atoms with Crippen LogP contribution in [0.25, 0.3) is 0 Å². The molecule has 0 unspecified atom stereocenters. The van der Waals surface area contributed by atoms with E-state index in [4.69, 9.17) is 27.9 Å². The van der Waals surface area contributed by atoms with Crippen LogP contribution in [0.5, 0.6) is 0 Å². The number of sulfonamides is 1. The number of benzene rings is 1. The average molecular weight is 467 g/mol. The summed E-state index contributed by atoms with van der Waals surface area (Å²) in [6.45, 7) is 6.33. The minimum atomic E-state index is -3.44. The van der Waals surface area contributed by atoms with Crippen LogP contribution < -0.4 is 0 Å². The highest BCUT2D eigenvalue weighted by atomic mass is 35.5. The smallest absolute Gasteiger partial charge is 0.407 e. The molecule has 0 aliphatic carbocycles. The van der Waals surface area contributed by atoms with Crippen molar-refractivity contribution in [3.05, 3.63) is 33.8 Å². The summed E-state index contributed by atoms with van der Waals surface area (Å²) in [5, 5.41) is 10.5. The Labute approximate surface area is 182 Å². The van der Waals surface area contributed by atoms with Gasteiger partial charge < -0.3 is 14.7 Å². The van der Waals surface area contributed by atoms with E-state index in [9.17, 15) is 18.3 Å². The van der Waals surface area contributed by atoms with Crippen LogP contribution in [0.15, 0.2) is 18.2 Å². The largest absolute Gasteiger partial charge is 0.465 e. The van der Waals surface area contributed by atoms with Gasteiger partial charge in [0, 0.05) is 26.1 Å². The fraction of sp³-hybridized carbons (Fsp3) is 0.632. The predicted octanol–water partition coefficient (Wildman–Crippen LogP) is 3.76. The zero-order valence-corrected chi connectivity index (χ0v) is 19.6. The molecule has 7 nitrogen and oxygen atoms in total. The van der Waals surface area contributed by atoms with Crippen LogP contribution in [0.4, 0.5) is 4.79 Å². The van der Waals surface area contributed by atoms with E-state index >= 15 is 0 Å². The Bertz CT molecular complexity index is 857. The van der Waals surface area contributed by atoms with E-state index in [1.807, 2.05) is 20.8 Å². The summed E-state index contributed by atoms with van der Waals surface area (Å²) in [6.07, 6.45) is -0.905. The van der Waals surface area contributed by atoms with Gasteiger partial charge in [-0.15, -0.1) is 0 Å². The van der Waals surface area contributed by atoms with Gasteiger partial charge in [0.2, 0.25) is 10.0 Å². The van der Waals surface area contributed by atoms with Gasteiger partial charge in [0.25, 0.3) is 0 Å². The Hall–Kier alpha value is -1.06. The number of carbonyl (C=O) groups is 1. The van der Waals surface area contributed by atoms with Crippen molar-refractivity contribution in [2.24, 2.45) is 5.41 Å². The van der Waals surface area contributed by atoms with Crippen molar-refractivity contribution in [2.45, 2.75) is 38.9 Å². The minimum absolute atomic E-state index is 0.0871. The average Bonchev–Trinajstić information content (AvgIpc) is 2.76. The second-order valence-electron chi connectivity index (χ2n) is 8.54. The van der Waals surface area contributed by atoms with Crippen molar-refractivity contribution < 1.29 is 23.1 Å². The molecule has 2 rings (SSSR count). The van der Waals surface area contributed by atoms with Crippen molar-refractivity contribution in [2.75, 3.05) is 32.9 Å². The Kier molecular flexibility index (Phi) is 7.49. The molecule has 1 aliphatic rings. The molecular formula is C19H28Cl2N2O5S. The van der Waals surface area contributed by atoms with Gasteiger partial charge in [0.15, 0.2) is 0 Å². The van der Waals surface area contributed by atoms with E-state index < -0.39 is 34.2 Å². The van der Waals surface area contributed by atoms with E-state index in [-0.39, 0.29) is 25.0 Å². The molecule has 3 atom stereocenters. The molecule has 0 saturated carbocycles. The quantitative estimate of drug-likeness (QED) is 0.729. The molecule has 29 heavy (non-hydrogen) atoms. The van der Waals surface area contributed by atoms with Crippen molar-refractivity contribution in [3.8, 4) is 0 Å². The fourth-order valence-corrected chi connectivity index (χ4v) is 3.96. The highest BCUT2D eigenvalue weighted by molar-refractivity contribution is 7.88. The molecule has 10 heteroatoms. The Balaban J connectivity index is 2.52. The summed E-state index contributed by atoms with van der Waals surface area (Å²) in [6, 6.07) is 5.10. The van der Waals surface area contributed by atoms with Crippen molar-refractivity contribution in [3.63, 3.8) is 0 Å². The third kappa shape index (κ3) is 6.21. The summed E-state index contributed by atoms with van der Waals surface area (Å²) in [5.74, 6) is -0.419. The van der Waals surface area contributed by atoms with Gasteiger partial charge in [-0.25, -0.2) is 17.5 Å². The monoisotopic (exact) mass is 466 g/mol. The van der Waals surface area contributed by atoms with E-state index in [1.54, 1.807) is 18.2 Å². The molecule has 1 N–H and O–H groups in total. The molecule has 1 amide bonds. The standard InChI is InChI=1S/C19H28Cl2N2O5S/c1-19(2,3)17-11-23(18(24)25)9-13(12-6-7-14(20)15(21)8-12)16(28-17)10-22(4)29(5,26)27/h6-8,13,16-17H,9-11H2,1-5H3,(H,24,25)/t13-,16+,17-/m1/s1. The molecule has 1 aromatic carbocycles. The summed E-state index contributed by atoms with van der Waals surface area (Å²) >= 11 is 12.2. The zero-order chi connectivity index (χ0) is 22.1. The van der Waals surface area contributed by atoms with E-state index in [0.29, 0.717) is 10.0 Å². The Morgan fingerprint density at radius 3 is 2.38 bits per heavy atom. The molecule has 1 heterocycles. The van der Waals surface area contributed by atoms with Gasteiger partial charge in [-0.1, -0.05) is 50.0 Å². The maximum absolute atomic E-state index is 12.0. The number of ether oxygens (including phenoxy) is 1. The highest BCUT2D eigenvalue weighted by Crippen LogP contribution is 2.36. The van der Waals surface area contributed by atoms with Gasteiger partial charge in [-0.05, 0) is 23.1 Å². The first-order chi connectivity index (χ1) is 13.2. The number of carboxylic acid groups (broad SMARTS) is 1. The normalized spacial score (nSPS) is 23.9. The topological polar surface area (TPSA) is 87.2 Å². The van der Waals surface area contributed by atoms with Crippen molar-refractivity contribution in [1.82, 2.24) is 9.21 Å². The first-order valence-electron chi connectivity index (χ1n) is 9.19. The van der Waals surface area contributed by atoms with Gasteiger partial charge in [0.1, 0.15) is 0 Å². The second-order valence-corrected chi connectivity index (χ2v) is 11.4. The number of halogens is 2. The number of hydrogen-bond acceptors (Lipinski definition) is 4. The minimum Gasteiger partial charge on any atom is -0.465 e. The first kappa shape index (κ1) is 24.2. The lowest BCUT2D eigenvalue weighted by atomic mass is 9.88. The van der Waals surface area contributed by atoms with E-state index in [1.165, 1.54) is 16.3 Å². The lowest BCUT2D eigenvalue weighted by Gasteiger charge is -2.35. The highest BCUT2D eigenvalue weighted by Gasteiger charge is 2.40. The number of rotatable bonds is 4. The van der Waals surface area contributed by atoms with Gasteiger partial charge >= 0.3 is 6.09 Å². The SMILES string of the molecule is CN(C[C@@H]1O[C@@H](C(C)(C)C)CN(C(=O)O)C[C@@H]1c1ccc(Cl)c(Cl)c1)S(C)(=O)=O. The molecule has 164 valence electrons. The maximum Gasteiger partial charge on any atom is 0.407 e. The second kappa shape index (κ2) is 8.98. The summed E-state index contributed by atoms with van der Waals surface area (Å²) in [7, 11) is -1.96. The number of amides is 1. The van der Waals surface area contributed by atoms with Crippen LogP contribution in [0.2, 0.25) is 10.0 Å². The fourth-order valence-electron chi connectivity index (χ4n) is 3.23. The van der Waals surface area contributed by atoms with Gasteiger partial charge in [-0.3, -0.25) is 0 Å². The summed E-state index contributed by atoms with van der Waals surface area (Å²) < 4.78 is 31.6. The molecule has 1 fully saturated rings. The van der Waals surface area contributed by atoms with Crippen LogP contribution >= 0.6 is 23.2 Å². The summed E-state index contributed by atoms with van der Waals surface area (Å²) in [4.78, 5) is 13.2. The van der Waals surface area contributed by atoms with E-state index in [2.05, 4.69) is 0 Å². The number of hydrogen-bond donors (Lipinski definition) is 1. The van der Waals surface area contributed by atoms with Gasteiger partial charge in [-0.2, -0.15) is 0 Å².